The van der Waals surface area contributed by atoms with E-state index in [4.69, 9.17) is 21.1 Å². The quantitative estimate of drug-likeness (QED) is 0.536. The van der Waals surface area contributed by atoms with Gasteiger partial charge in [-0.1, -0.05) is 11.6 Å². The molecule has 0 amide bonds. The van der Waals surface area contributed by atoms with Gasteiger partial charge in [0.05, 0.1) is 19.3 Å². The zero-order chi connectivity index (χ0) is 10.4. The van der Waals surface area contributed by atoms with Crippen molar-refractivity contribution >= 4 is 17.6 Å². The van der Waals surface area contributed by atoms with Crippen LogP contribution in [0.2, 0.25) is 0 Å². The fraction of sp³-hybridized carbons (Fsp3) is 0.700. The fourth-order valence-electron chi connectivity index (χ4n) is 1.31. The van der Waals surface area contributed by atoms with E-state index in [-0.39, 0.29) is 12.1 Å². The highest BCUT2D eigenvalue weighted by atomic mass is 35.5. The zero-order valence-electron chi connectivity index (χ0n) is 8.29. The topological polar surface area (TPSA) is 35.5 Å². The van der Waals surface area contributed by atoms with E-state index in [9.17, 15) is 4.79 Å². The SMILES string of the molecule is CC(=O)OCCCC1C=C(Cl)CCO1. The number of esters is 1. The number of hydrogen-bond acceptors (Lipinski definition) is 3. The van der Waals surface area contributed by atoms with E-state index >= 15 is 0 Å². The summed E-state index contributed by atoms with van der Waals surface area (Å²) in [5.41, 5.74) is 0. The molecule has 1 heterocycles. The maximum Gasteiger partial charge on any atom is 0.302 e. The Morgan fingerprint density at radius 3 is 3.21 bits per heavy atom. The Morgan fingerprint density at radius 1 is 1.79 bits per heavy atom. The molecule has 0 N–H and O–H groups in total. The summed E-state index contributed by atoms with van der Waals surface area (Å²) in [5.74, 6) is -0.233. The lowest BCUT2D eigenvalue weighted by Crippen LogP contribution is -2.16. The summed E-state index contributed by atoms with van der Waals surface area (Å²) in [7, 11) is 0. The molecule has 80 valence electrons. The lowest BCUT2D eigenvalue weighted by atomic mass is 10.1. The fourth-order valence-corrected chi connectivity index (χ4v) is 1.53. The molecule has 0 bridgehead atoms. The van der Waals surface area contributed by atoms with Crippen molar-refractivity contribution in [2.24, 2.45) is 0 Å². The van der Waals surface area contributed by atoms with Crippen LogP contribution in [0.25, 0.3) is 0 Å². The highest BCUT2D eigenvalue weighted by Gasteiger charge is 2.12. The molecule has 1 unspecified atom stereocenters. The third-order valence-electron chi connectivity index (χ3n) is 1.98. The minimum Gasteiger partial charge on any atom is -0.466 e. The second-order valence-electron chi connectivity index (χ2n) is 3.26. The van der Waals surface area contributed by atoms with Gasteiger partial charge in [0, 0.05) is 18.4 Å². The maximum atomic E-state index is 10.5. The maximum absolute atomic E-state index is 10.5. The first kappa shape index (κ1) is 11.5. The van der Waals surface area contributed by atoms with Crippen molar-refractivity contribution in [1.29, 1.82) is 0 Å². The number of carbonyl (C=O) groups excluding carboxylic acids is 1. The summed E-state index contributed by atoms with van der Waals surface area (Å²) in [6, 6.07) is 0. The second kappa shape index (κ2) is 6.04. The van der Waals surface area contributed by atoms with Gasteiger partial charge in [0.1, 0.15) is 0 Å². The Balaban J connectivity index is 2.12. The molecule has 0 saturated heterocycles. The predicted octanol–water partition coefficient (Wildman–Crippen LogP) is 2.24. The van der Waals surface area contributed by atoms with Crippen molar-refractivity contribution in [2.45, 2.75) is 32.3 Å². The summed E-state index contributed by atoms with van der Waals surface area (Å²) in [6.45, 7) is 2.56. The third kappa shape index (κ3) is 4.63. The Kier molecular flexibility index (Phi) is 4.98. The molecule has 1 aliphatic rings. The third-order valence-corrected chi connectivity index (χ3v) is 2.29. The smallest absolute Gasteiger partial charge is 0.302 e. The molecule has 0 fully saturated rings. The largest absolute Gasteiger partial charge is 0.466 e. The minimum atomic E-state index is -0.233. The van der Waals surface area contributed by atoms with Crippen LogP contribution in [0.15, 0.2) is 11.1 Å². The zero-order valence-corrected chi connectivity index (χ0v) is 9.05. The Morgan fingerprint density at radius 2 is 2.57 bits per heavy atom. The molecule has 0 aliphatic carbocycles. The van der Waals surface area contributed by atoms with Crippen molar-refractivity contribution in [3.63, 3.8) is 0 Å². The molecule has 1 atom stereocenters. The second-order valence-corrected chi connectivity index (χ2v) is 3.74. The molecule has 0 spiro atoms. The van der Waals surface area contributed by atoms with E-state index in [0.717, 1.165) is 24.3 Å². The molecule has 0 radical (unpaired) electrons. The molecule has 1 rings (SSSR count). The van der Waals surface area contributed by atoms with Gasteiger partial charge in [-0.15, -0.1) is 0 Å². The molecule has 0 aromatic rings. The molecule has 4 heteroatoms. The monoisotopic (exact) mass is 218 g/mol. The van der Waals surface area contributed by atoms with E-state index in [1.807, 2.05) is 6.08 Å². The summed E-state index contributed by atoms with van der Waals surface area (Å²) < 4.78 is 10.3. The van der Waals surface area contributed by atoms with E-state index in [1.54, 1.807) is 0 Å². The number of carbonyl (C=O) groups is 1. The van der Waals surface area contributed by atoms with E-state index < -0.39 is 0 Å². The van der Waals surface area contributed by atoms with Gasteiger partial charge in [-0.25, -0.2) is 0 Å². The molecular weight excluding hydrogens is 204 g/mol. The van der Waals surface area contributed by atoms with Crippen LogP contribution in [0.5, 0.6) is 0 Å². The van der Waals surface area contributed by atoms with Gasteiger partial charge in [-0.05, 0) is 18.9 Å². The number of ether oxygens (including phenoxy) is 2. The van der Waals surface area contributed by atoms with Gasteiger partial charge in [-0.3, -0.25) is 4.79 Å². The first-order valence-corrected chi connectivity index (χ1v) is 5.17. The van der Waals surface area contributed by atoms with E-state index in [2.05, 4.69) is 0 Å². The number of halogens is 1. The van der Waals surface area contributed by atoms with E-state index in [0.29, 0.717) is 13.2 Å². The highest BCUT2D eigenvalue weighted by Crippen LogP contribution is 2.18. The first-order valence-electron chi connectivity index (χ1n) is 4.79. The van der Waals surface area contributed by atoms with Crippen LogP contribution < -0.4 is 0 Å². The van der Waals surface area contributed by atoms with Gasteiger partial charge in [0.15, 0.2) is 0 Å². The Labute approximate surface area is 89.0 Å². The Hall–Kier alpha value is -0.540. The van der Waals surface area contributed by atoms with Crippen LogP contribution in [0.3, 0.4) is 0 Å². The van der Waals surface area contributed by atoms with Crippen LogP contribution in [-0.4, -0.2) is 25.3 Å². The van der Waals surface area contributed by atoms with Crippen molar-refractivity contribution in [3.05, 3.63) is 11.1 Å². The van der Waals surface area contributed by atoms with Crippen molar-refractivity contribution in [3.8, 4) is 0 Å². The van der Waals surface area contributed by atoms with Crippen molar-refractivity contribution < 1.29 is 14.3 Å². The molecule has 0 aromatic heterocycles. The summed E-state index contributed by atoms with van der Waals surface area (Å²) in [6.07, 6.45) is 4.49. The first-order chi connectivity index (χ1) is 6.68. The van der Waals surface area contributed by atoms with E-state index in [1.165, 1.54) is 6.92 Å². The predicted molar refractivity (Wildman–Crippen MR) is 54.2 cm³/mol. The van der Waals surface area contributed by atoms with Gasteiger partial charge in [0.2, 0.25) is 0 Å². The standard InChI is InChI=1S/C10H15ClO3/c1-8(12)13-5-2-3-10-7-9(11)4-6-14-10/h7,10H,2-6H2,1H3. The molecular formula is C10H15ClO3. The highest BCUT2D eigenvalue weighted by molar-refractivity contribution is 6.29. The van der Waals surface area contributed by atoms with Gasteiger partial charge in [0.25, 0.3) is 0 Å². The summed E-state index contributed by atoms with van der Waals surface area (Å²) in [4.78, 5) is 10.5. The summed E-state index contributed by atoms with van der Waals surface area (Å²) in [5, 5.41) is 0.869. The van der Waals surface area contributed by atoms with Crippen molar-refractivity contribution in [2.75, 3.05) is 13.2 Å². The molecule has 14 heavy (non-hydrogen) atoms. The van der Waals surface area contributed by atoms with Crippen LogP contribution in [0, 0.1) is 0 Å². The lowest BCUT2D eigenvalue weighted by molar-refractivity contribution is -0.141. The van der Waals surface area contributed by atoms with Crippen LogP contribution in [0.4, 0.5) is 0 Å². The van der Waals surface area contributed by atoms with Crippen LogP contribution >= 0.6 is 11.6 Å². The van der Waals surface area contributed by atoms with Gasteiger partial charge < -0.3 is 9.47 Å². The van der Waals surface area contributed by atoms with Gasteiger partial charge >= 0.3 is 5.97 Å². The lowest BCUT2D eigenvalue weighted by Gasteiger charge is -2.19. The minimum absolute atomic E-state index is 0.0896. The van der Waals surface area contributed by atoms with Gasteiger partial charge in [-0.2, -0.15) is 0 Å². The average Bonchev–Trinajstić information content (AvgIpc) is 2.12. The van der Waals surface area contributed by atoms with Crippen LogP contribution in [-0.2, 0) is 14.3 Å². The molecule has 3 nitrogen and oxygen atoms in total. The summed E-state index contributed by atoms with van der Waals surface area (Å²) >= 11 is 5.87. The van der Waals surface area contributed by atoms with Crippen LogP contribution in [0.1, 0.15) is 26.2 Å². The molecule has 1 aliphatic heterocycles. The Bertz CT molecular complexity index is 225. The van der Waals surface area contributed by atoms with Crippen molar-refractivity contribution in [1.82, 2.24) is 0 Å². The molecule has 0 aromatic carbocycles. The number of hydrogen-bond donors (Lipinski definition) is 0. The average molecular weight is 219 g/mol. The number of rotatable bonds is 4. The molecule has 0 saturated carbocycles. The normalized spacial score (nSPS) is 21.6.